The number of nitrogens with two attached hydrogens (primary N) is 1. The molecule has 0 unspecified atom stereocenters. The van der Waals surface area contributed by atoms with E-state index in [0.717, 1.165) is 51.4 Å². The smallest absolute Gasteiger partial charge is 0.276 e. The molecule has 2 aliphatic heterocycles. The molecule has 16 nitrogen and oxygen atoms in total. The normalized spacial score (nSPS) is 16.7. The van der Waals surface area contributed by atoms with E-state index in [1.54, 1.807) is 4.57 Å². The van der Waals surface area contributed by atoms with Gasteiger partial charge < -0.3 is 31.2 Å². The Morgan fingerprint density at radius 2 is 1.22 bits per heavy atom. The summed E-state index contributed by atoms with van der Waals surface area (Å²) in [6.07, 6.45) is 14.9. The quantitative estimate of drug-likeness (QED) is 0.177. The van der Waals surface area contributed by atoms with Gasteiger partial charge in [0.15, 0.2) is 23.1 Å². The topological polar surface area (TPSA) is 210 Å². The zero-order chi connectivity index (χ0) is 37.9. The molecule has 2 aliphatic carbocycles. The molecule has 4 aliphatic rings. The van der Waals surface area contributed by atoms with Gasteiger partial charge in [0.25, 0.3) is 22.9 Å². The molecule has 0 bridgehead atoms. The van der Waals surface area contributed by atoms with Crippen LogP contribution in [-0.2, 0) is 11.3 Å². The third-order valence-electron chi connectivity index (χ3n) is 9.68. The number of ether oxygens (including phenoxy) is 2. The van der Waals surface area contributed by atoms with E-state index >= 15 is 0 Å². The molecule has 8 rings (SSSR count). The Morgan fingerprint density at radius 3 is 1.71 bits per heavy atom. The van der Waals surface area contributed by atoms with Crippen molar-refractivity contribution in [3.8, 4) is 11.5 Å². The number of halogens is 3. The van der Waals surface area contributed by atoms with E-state index in [4.69, 9.17) is 38.4 Å². The number of aromatic nitrogens is 6. The van der Waals surface area contributed by atoms with Crippen LogP contribution >= 0.6 is 39.1 Å². The number of nitrogens with zero attached hydrogens (tertiary/aromatic N) is 6. The van der Waals surface area contributed by atoms with Gasteiger partial charge in [-0.15, -0.1) is 0 Å². The second-order valence-electron chi connectivity index (χ2n) is 12.9. The lowest BCUT2D eigenvalue weighted by Gasteiger charge is -2.35. The van der Waals surface area contributed by atoms with Crippen LogP contribution in [0.15, 0.2) is 51.2 Å². The van der Waals surface area contributed by atoms with Crippen LogP contribution in [0.25, 0.3) is 0 Å². The average Bonchev–Trinajstić information content (AvgIpc) is 3.60. The van der Waals surface area contributed by atoms with E-state index in [1.807, 2.05) is 0 Å². The van der Waals surface area contributed by atoms with Crippen molar-refractivity contribution in [1.82, 2.24) is 39.7 Å². The number of carbonyl (C=O) groups excluding carboxylic acids is 2. The van der Waals surface area contributed by atoms with Crippen molar-refractivity contribution in [2.45, 2.75) is 90.4 Å². The van der Waals surface area contributed by atoms with Crippen LogP contribution in [0.5, 0.6) is 11.5 Å². The summed E-state index contributed by atoms with van der Waals surface area (Å²) in [5, 5.41) is 9.46. The molecule has 2 saturated carbocycles. The van der Waals surface area contributed by atoms with Gasteiger partial charge in [-0.25, -0.2) is 19.9 Å². The van der Waals surface area contributed by atoms with Crippen molar-refractivity contribution in [1.29, 1.82) is 0 Å². The van der Waals surface area contributed by atoms with Crippen molar-refractivity contribution in [3.05, 3.63) is 83.8 Å². The molecular formula is C36H45BrCl2N10O6. The summed E-state index contributed by atoms with van der Waals surface area (Å²) in [6.45, 7) is 0. The van der Waals surface area contributed by atoms with E-state index in [2.05, 4.69) is 51.8 Å². The number of amides is 2. The zero-order valence-corrected chi connectivity index (χ0v) is 32.0. The summed E-state index contributed by atoms with van der Waals surface area (Å²) in [6, 6.07) is 2.95. The minimum Gasteiger partial charge on any atom is -0.491 e. The third-order valence-corrected chi connectivity index (χ3v) is 10.8. The second-order valence-corrected chi connectivity index (χ2v) is 14.5. The predicted molar refractivity (Wildman–Crippen MR) is 214 cm³/mol. The van der Waals surface area contributed by atoms with Gasteiger partial charge in [-0.2, -0.15) is 0 Å². The highest BCUT2D eigenvalue weighted by Gasteiger charge is 2.46. The number of methoxy groups -OCH3 is 2. The summed E-state index contributed by atoms with van der Waals surface area (Å²) >= 11 is 15.7. The molecule has 4 aromatic rings. The number of fused-ring (bicyclic) bond motifs is 4. The van der Waals surface area contributed by atoms with Gasteiger partial charge in [0.05, 0.1) is 41.1 Å². The van der Waals surface area contributed by atoms with Gasteiger partial charge >= 0.3 is 0 Å². The zero-order valence-electron chi connectivity index (χ0n) is 28.9. The van der Waals surface area contributed by atoms with Crippen molar-refractivity contribution in [2.24, 2.45) is 0 Å². The summed E-state index contributed by atoms with van der Waals surface area (Å²) in [7, 11) is 3.01. The monoisotopic (exact) mass is 862 g/mol. The minimum absolute atomic E-state index is 0. The number of nitrogens with one attached hydrogen (secondary N) is 3. The third kappa shape index (κ3) is 8.28. The van der Waals surface area contributed by atoms with Crippen LogP contribution in [0, 0.1) is 0 Å². The fourth-order valence-electron chi connectivity index (χ4n) is 7.26. The first kappa shape index (κ1) is 43.0. The lowest BCUT2D eigenvalue weighted by molar-refractivity contribution is 0.0867. The molecule has 2 fully saturated rings. The largest absolute Gasteiger partial charge is 0.491 e. The summed E-state index contributed by atoms with van der Waals surface area (Å²) in [4.78, 5) is 65.4. The van der Waals surface area contributed by atoms with Crippen LogP contribution < -0.4 is 42.3 Å². The van der Waals surface area contributed by atoms with E-state index in [-0.39, 0.29) is 54.2 Å². The fourth-order valence-corrected chi connectivity index (χ4v) is 8.36. The molecule has 6 heterocycles. The van der Waals surface area contributed by atoms with Gasteiger partial charge in [-0.3, -0.25) is 28.3 Å². The number of nitrogen functional groups attached to an aromatic ring is 1. The molecule has 2 spiro atoms. The Bertz CT molecular complexity index is 2170. The molecule has 0 atom stereocenters. The first-order chi connectivity index (χ1) is 25.4. The minimum atomic E-state index is -0.696. The first-order valence-corrected chi connectivity index (χ1v) is 18.4. The highest BCUT2D eigenvalue weighted by atomic mass is 79.9. The van der Waals surface area contributed by atoms with E-state index < -0.39 is 11.3 Å². The van der Waals surface area contributed by atoms with Gasteiger partial charge in [-0.05, 0) is 79.4 Å². The standard InChI is InChI=1S/C17H18ClN5O3.C12H12BrClN2O2.C5H7N3O.2CH4/c1-26-12-8-19-9-20-14(12)21-11-7-10(18)13-15(24)22-17(23(13)16(11)25)5-3-2-4-6-17;13-7-6-8(14)9-10(17)15-12(16(9)11(7)18)4-2-1-3-5-12;1-9-4-2-7-3-8-5(4)6;;/h7-9H,2-6H2,1H3,(H,22,24)(H,19,20,21);6H,1-5H2,(H,15,17);2-3H,1H3,(H2,6,7,8);2*1H4. The number of hydrogen-bond acceptors (Lipinski definition) is 12. The molecule has 55 heavy (non-hydrogen) atoms. The second kappa shape index (κ2) is 17.8. The van der Waals surface area contributed by atoms with Crippen LogP contribution in [0.1, 0.15) is 100 Å². The lowest BCUT2D eigenvalue weighted by Crippen LogP contribution is -2.48. The Hall–Kier alpha value is -4.74. The summed E-state index contributed by atoms with van der Waals surface area (Å²) < 4.78 is 13.5. The highest BCUT2D eigenvalue weighted by molar-refractivity contribution is 9.10. The number of hydrogen-bond donors (Lipinski definition) is 4. The maximum absolute atomic E-state index is 13.2. The molecular weight excluding hydrogens is 819 g/mol. The Balaban J connectivity index is 0.000000201. The van der Waals surface area contributed by atoms with Crippen molar-refractivity contribution in [3.63, 3.8) is 0 Å². The summed E-state index contributed by atoms with van der Waals surface area (Å²) in [5.74, 6) is 1.08. The predicted octanol–water partition coefficient (Wildman–Crippen LogP) is 6.37. The van der Waals surface area contributed by atoms with E-state index in [0.29, 0.717) is 51.2 Å². The molecule has 0 saturated heterocycles. The maximum Gasteiger partial charge on any atom is 0.276 e. The van der Waals surface area contributed by atoms with Crippen molar-refractivity contribution in [2.75, 3.05) is 25.3 Å². The van der Waals surface area contributed by atoms with Gasteiger partial charge in [-0.1, -0.05) is 50.9 Å². The van der Waals surface area contributed by atoms with E-state index in [9.17, 15) is 19.2 Å². The number of pyridine rings is 2. The van der Waals surface area contributed by atoms with Crippen LogP contribution in [-0.4, -0.2) is 55.1 Å². The SMILES string of the molecule is C.C.COc1cncnc1N.COc1cncnc1Nc1cc(Cl)c2n(c1=O)C1(CCCCC1)NC2=O.O=C1NC2(CCCCC2)n2c1c(Cl)cc(Br)c2=O. The molecule has 19 heteroatoms. The number of rotatable bonds is 4. The first-order valence-electron chi connectivity index (χ1n) is 16.9. The molecule has 0 radical (unpaired) electrons. The molecule has 2 amide bonds. The van der Waals surface area contributed by atoms with Gasteiger partial charge in [0.1, 0.15) is 41.1 Å². The van der Waals surface area contributed by atoms with Crippen LogP contribution in [0.4, 0.5) is 17.3 Å². The molecule has 4 aromatic heterocycles. The van der Waals surface area contributed by atoms with Crippen LogP contribution in [0.2, 0.25) is 10.0 Å². The molecule has 0 aromatic carbocycles. The Morgan fingerprint density at radius 1 is 0.745 bits per heavy atom. The Kier molecular flexibility index (Phi) is 13.9. The summed E-state index contributed by atoms with van der Waals surface area (Å²) in [5.41, 5.74) is 4.35. The van der Waals surface area contributed by atoms with Gasteiger partial charge in [0, 0.05) is 0 Å². The Labute approximate surface area is 336 Å². The van der Waals surface area contributed by atoms with Crippen molar-refractivity contribution < 1.29 is 19.1 Å². The fraction of sp³-hybridized carbons (Fsp3) is 0.444. The van der Waals surface area contributed by atoms with Crippen LogP contribution in [0.3, 0.4) is 0 Å². The highest BCUT2D eigenvalue weighted by Crippen LogP contribution is 2.40. The average molecular weight is 865 g/mol. The van der Waals surface area contributed by atoms with Crippen molar-refractivity contribution >= 4 is 68.3 Å². The molecule has 296 valence electrons. The number of anilines is 3. The number of carbonyl (C=O) groups is 2. The van der Waals surface area contributed by atoms with E-state index in [1.165, 1.54) is 56.0 Å². The maximum atomic E-state index is 13.2. The molecule has 5 N–H and O–H groups in total. The van der Waals surface area contributed by atoms with Gasteiger partial charge in [0.2, 0.25) is 0 Å². The lowest BCUT2D eigenvalue weighted by atomic mass is 9.89.